The zero-order valence-electron chi connectivity index (χ0n) is 11.4. The number of hydrogen-bond donors (Lipinski definition) is 3. The molecular weight excluding hydrogens is 242 g/mol. The number of benzene rings is 1. The molecule has 5 nitrogen and oxygen atoms in total. The Balaban J connectivity index is 2.23. The summed E-state index contributed by atoms with van der Waals surface area (Å²) in [6.07, 6.45) is 3.42. The molecule has 1 amide bonds. The molecule has 1 saturated carbocycles. The van der Waals surface area contributed by atoms with E-state index in [1.165, 1.54) is 0 Å². The first-order valence-electron chi connectivity index (χ1n) is 6.56. The van der Waals surface area contributed by atoms with Gasteiger partial charge in [-0.3, -0.25) is 4.79 Å². The third-order valence-electron chi connectivity index (χ3n) is 3.61. The predicted molar refractivity (Wildman–Crippen MR) is 76.3 cm³/mol. The minimum absolute atomic E-state index is 0.116. The van der Waals surface area contributed by atoms with Crippen molar-refractivity contribution in [3.8, 4) is 0 Å². The number of nitrogens with two attached hydrogens (primary N) is 1. The zero-order valence-corrected chi connectivity index (χ0v) is 11.4. The molecule has 0 spiro atoms. The summed E-state index contributed by atoms with van der Waals surface area (Å²) in [6.45, 7) is 0. The molecule has 5 heteroatoms. The highest BCUT2D eigenvalue weighted by atomic mass is 16.5. The van der Waals surface area contributed by atoms with E-state index in [0.29, 0.717) is 11.3 Å². The van der Waals surface area contributed by atoms with Crippen molar-refractivity contribution < 1.29 is 9.53 Å². The summed E-state index contributed by atoms with van der Waals surface area (Å²) >= 11 is 0. The molecule has 1 aliphatic carbocycles. The second-order valence-electron chi connectivity index (χ2n) is 4.84. The molecule has 0 saturated heterocycles. The Morgan fingerprint density at radius 2 is 2.21 bits per heavy atom. The molecule has 1 fully saturated rings. The van der Waals surface area contributed by atoms with Gasteiger partial charge in [-0.15, -0.1) is 0 Å². The van der Waals surface area contributed by atoms with Crippen LogP contribution in [0.3, 0.4) is 0 Å². The maximum atomic E-state index is 11.8. The normalized spacial score (nSPS) is 22.2. The average molecular weight is 263 g/mol. The van der Waals surface area contributed by atoms with E-state index < -0.39 is 0 Å². The maximum Gasteiger partial charge on any atom is 0.253 e. The third-order valence-corrected chi connectivity index (χ3v) is 3.61. The lowest BCUT2D eigenvalue weighted by atomic mass is 10.1. The Morgan fingerprint density at radius 3 is 2.89 bits per heavy atom. The summed E-state index contributed by atoms with van der Waals surface area (Å²) in [5, 5.41) is 6.04. The number of carbonyl (C=O) groups excluding carboxylic acids is 1. The molecule has 0 heterocycles. The topological polar surface area (TPSA) is 76.4 Å². The van der Waals surface area contributed by atoms with Gasteiger partial charge in [0, 0.05) is 25.5 Å². The summed E-state index contributed by atoms with van der Waals surface area (Å²) < 4.78 is 5.46. The fourth-order valence-corrected chi connectivity index (χ4v) is 2.59. The number of anilines is 2. The molecular formula is C14H21N3O2. The van der Waals surface area contributed by atoms with E-state index in [-0.39, 0.29) is 18.1 Å². The van der Waals surface area contributed by atoms with E-state index in [1.54, 1.807) is 32.4 Å². The van der Waals surface area contributed by atoms with Crippen LogP contribution < -0.4 is 16.4 Å². The Labute approximate surface area is 113 Å². The van der Waals surface area contributed by atoms with Crippen molar-refractivity contribution in [2.75, 3.05) is 25.2 Å². The molecule has 0 aromatic heterocycles. The van der Waals surface area contributed by atoms with Gasteiger partial charge in [0.15, 0.2) is 0 Å². The maximum absolute atomic E-state index is 11.8. The molecule has 104 valence electrons. The van der Waals surface area contributed by atoms with Crippen molar-refractivity contribution in [2.24, 2.45) is 0 Å². The van der Waals surface area contributed by atoms with Crippen LogP contribution >= 0.6 is 0 Å². The van der Waals surface area contributed by atoms with Crippen LogP contribution in [0.15, 0.2) is 18.2 Å². The second kappa shape index (κ2) is 5.93. The van der Waals surface area contributed by atoms with Crippen LogP contribution in [0.4, 0.5) is 11.4 Å². The molecule has 2 atom stereocenters. The first-order chi connectivity index (χ1) is 9.15. The van der Waals surface area contributed by atoms with Gasteiger partial charge >= 0.3 is 0 Å². The van der Waals surface area contributed by atoms with E-state index >= 15 is 0 Å². The van der Waals surface area contributed by atoms with Gasteiger partial charge in [0.25, 0.3) is 5.91 Å². The van der Waals surface area contributed by atoms with Crippen LogP contribution in [0.25, 0.3) is 0 Å². The van der Waals surface area contributed by atoms with Gasteiger partial charge in [-0.1, -0.05) is 0 Å². The van der Waals surface area contributed by atoms with E-state index in [9.17, 15) is 4.79 Å². The van der Waals surface area contributed by atoms with Crippen molar-refractivity contribution in [3.63, 3.8) is 0 Å². The fraction of sp³-hybridized carbons (Fsp3) is 0.500. The van der Waals surface area contributed by atoms with Crippen LogP contribution in [0.2, 0.25) is 0 Å². The van der Waals surface area contributed by atoms with Gasteiger partial charge in [0.2, 0.25) is 0 Å². The number of nitrogens with one attached hydrogen (secondary N) is 2. The predicted octanol–water partition coefficient (Wildman–Crippen LogP) is 1.61. The minimum atomic E-state index is -0.116. The zero-order chi connectivity index (χ0) is 13.8. The summed E-state index contributed by atoms with van der Waals surface area (Å²) in [6, 6.07) is 5.51. The summed E-state index contributed by atoms with van der Waals surface area (Å²) in [4.78, 5) is 11.8. The third kappa shape index (κ3) is 2.98. The standard InChI is InChI=1S/C14H21N3O2/c1-16-14(18)10-7-6-9(15)8-12(10)17-11-4-3-5-13(11)19-2/h6-8,11,13,17H,3-5,15H2,1-2H3,(H,16,18). The first kappa shape index (κ1) is 13.7. The minimum Gasteiger partial charge on any atom is -0.399 e. The van der Waals surface area contributed by atoms with Gasteiger partial charge in [0.05, 0.1) is 17.7 Å². The van der Waals surface area contributed by atoms with Crippen LogP contribution in [-0.2, 0) is 4.74 Å². The monoisotopic (exact) mass is 263 g/mol. The average Bonchev–Trinajstić information content (AvgIpc) is 2.85. The number of hydrogen-bond acceptors (Lipinski definition) is 4. The van der Waals surface area contributed by atoms with Gasteiger partial charge in [-0.05, 0) is 37.5 Å². The van der Waals surface area contributed by atoms with Crippen molar-refractivity contribution in [1.82, 2.24) is 5.32 Å². The van der Waals surface area contributed by atoms with Gasteiger partial charge in [-0.2, -0.15) is 0 Å². The Hall–Kier alpha value is -1.75. The van der Waals surface area contributed by atoms with Crippen molar-refractivity contribution in [2.45, 2.75) is 31.4 Å². The summed E-state index contributed by atoms with van der Waals surface area (Å²) in [5.41, 5.74) is 7.83. The van der Waals surface area contributed by atoms with Gasteiger partial charge < -0.3 is 21.1 Å². The quantitative estimate of drug-likeness (QED) is 0.721. The number of nitrogen functional groups attached to an aromatic ring is 1. The van der Waals surface area contributed by atoms with Crippen molar-refractivity contribution in [1.29, 1.82) is 0 Å². The van der Waals surface area contributed by atoms with E-state index in [0.717, 1.165) is 24.9 Å². The molecule has 0 bridgehead atoms. The van der Waals surface area contributed by atoms with E-state index in [1.807, 2.05) is 0 Å². The Kier molecular flexibility index (Phi) is 4.27. The highest BCUT2D eigenvalue weighted by molar-refractivity contribution is 6.00. The number of ether oxygens (including phenoxy) is 1. The molecule has 2 rings (SSSR count). The SMILES string of the molecule is CNC(=O)c1ccc(N)cc1NC1CCCC1OC. The first-order valence-corrected chi connectivity index (χ1v) is 6.56. The largest absolute Gasteiger partial charge is 0.399 e. The second-order valence-corrected chi connectivity index (χ2v) is 4.84. The summed E-state index contributed by atoms with van der Waals surface area (Å²) in [5.74, 6) is -0.116. The van der Waals surface area contributed by atoms with Crippen LogP contribution in [0, 0.1) is 0 Å². The lowest BCUT2D eigenvalue weighted by molar-refractivity contribution is 0.0960. The van der Waals surface area contributed by atoms with E-state index in [2.05, 4.69) is 10.6 Å². The van der Waals surface area contributed by atoms with Crippen molar-refractivity contribution in [3.05, 3.63) is 23.8 Å². The smallest absolute Gasteiger partial charge is 0.253 e. The van der Waals surface area contributed by atoms with Crippen LogP contribution in [-0.4, -0.2) is 32.2 Å². The van der Waals surface area contributed by atoms with Crippen LogP contribution in [0.5, 0.6) is 0 Å². The molecule has 0 radical (unpaired) electrons. The molecule has 1 aliphatic rings. The fourth-order valence-electron chi connectivity index (χ4n) is 2.59. The number of methoxy groups -OCH3 is 1. The lowest BCUT2D eigenvalue weighted by Gasteiger charge is -2.22. The summed E-state index contributed by atoms with van der Waals surface area (Å²) in [7, 11) is 3.35. The highest BCUT2D eigenvalue weighted by Crippen LogP contribution is 2.27. The van der Waals surface area contributed by atoms with Gasteiger partial charge in [0.1, 0.15) is 0 Å². The highest BCUT2D eigenvalue weighted by Gasteiger charge is 2.27. The molecule has 19 heavy (non-hydrogen) atoms. The Morgan fingerprint density at radius 1 is 1.42 bits per heavy atom. The Bertz CT molecular complexity index is 462. The lowest BCUT2D eigenvalue weighted by Crippen LogP contribution is -2.31. The molecule has 1 aromatic rings. The number of carbonyl (C=O) groups is 1. The van der Waals surface area contributed by atoms with Crippen LogP contribution in [0.1, 0.15) is 29.6 Å². The molecule has 2 unspecified atom stereocenters. The molecule has 4 N–H and O–H groups in total. The van der Waals surface area contributed by atoms with E-state index in [4.69, 9.17) is 10.5 Å². The van der Waals surface area contributed by atoms with Crippen molar-refractivity contribution >= 4 is 17.3 Å². The molecule has 1 aromatic carbocycles. The number of rotatable bonds is 4. The number of amides is 1. The van der Waals surface area contributed by atoms with Gasteiger partial charge in [-0.25, -0.2) is 0 Å². The molecule has 0 aliphatic heterocycles.